The third-order valence-electron chi connectivity index (χ3n) is 3.82. The van der Waals surface area contributed by atoms with Gasteiger partial charge in [0.25, 0.3) is 0 Å². The van der Waals surface area contributed by atoms with Crippen LogP contribution in [0.4, 0.5) is 4.39 Å². The van der Waals surface area contributed by atoms with Crippen molar-refractivity contribution in [3.05, 3.63) is 23.3 Å². The molecule has 0 saturated heterocycles. The first kappa shape index (κ1) is 12.3. The summed E-state index contributed by atoms with van der Waals surface area (Å²) >= 11 is 0. The highest BCUT2D eigenvalue weighted by atomic mass is 19.1. The van der Waals surface area contributed by atoms with Gasteiger partial charge in [0, 0.05) is 0 Å². The number of benzene rings is 1. The number of carboxylic acids is 1. The normalized spacial score (nSPS) is 20.7. The van der Waals surface area contributed by atoms with Gasteiger partial charge in [-0.2, -0.15) is 0 Å². The number of hydrogen-bond donors (Lipinski definition) is 1. The Balaban J connectivity index is 2.14. The molecule has 1 aromatic carbocycles. The zero-order valence-electron chi connectivity index (χ0n) is 10.6. The average molecular weight is 266 g/mol. The molecule has 1 aliphatic heterocycles. The molecule has 1 unspecified atom stereocenters. The van der Waals surface area contributed by atoms with E-state index in [1.807, 2.05) is 0 Å². The van der Waals surface area contributed by atoms with Crippen LogP contribution in [0.3, 0.4) is 0 Å². The highest BCUT2D eigenvalue weighted by molar-refractivity contribution is 5.86. The summed E-state index contributed by atoms with van der Waals surface area (Å²) in [6.45, 7) is 2.26. The number of carboxylic acid groups (broad SMARTS) is 1. The van der Waals surface area contributed by atoms with Gasteiger partial charge < -0.3 is 14.6 Å². The lowest BCUT2D eigenvalue weighted by Gasteiger charge is -2.24. The zero-order valence-corrected chi connectivity index (χ0v) is 10.6. The molecule has 1 saturated carbocycles. The van der Waals surface area contributed by atoms with Gasteiger partial charge in [0.2, 0.25) is 0 Å². The van der Waals surface area contributed by atoms with Gasteiger partial charge in [-0.25, -0.2) is 4.39 Å². The molecule has 19 heavy (non-hydrogen) atoms. The Hall–Kier alpha value is -1.78. The molecule has 1 aliphatic carbocycles. The quantitative estimate of drug-likeness (QED) is 0.913. The van der Waals surface area contributed by atoms with Crippen molar-refractivity contribution in [3.8, 4) is 11.5 Å². The topological polar surface area (TPSA) is 55.8 Å². The molecule has 0 bridgehead atoms. The zero-order chi connectivity index (χ0) is 13.6. The van der Waals surface area contributed by atoms with E-state index in [-0.39, 0.29) is 0 Å². The van der Waals surface area contributed by atoms with Crippen LogP contribution in [0.15, 0.2) is 12.1 Å². The summed E-state index contributed by atoms with van der Waals surface area (Å²) in [4.78, 5) is 11.4. The second-order valence-corrected chi connectivity index (χ2v) is 5.09. The van der Waals surface area contributed by atoms with Crippen LogP contribution in [0.1, 0.15) is 37.1 Å². The predicted molar refractivity (Wildman–Crippen MR) is 65.5 cm³/mol. The highest BCUT2D eigenvalue weighted by Crippen LogP contribution is 2.53. The molecule has 5 heteroatoms. The van der Waals surface area contributed by atoms with Crippen LogP contribution in [0.5, 0.6) is 11.5 Å². The van der Waals surface area contributed by atoms with Crippen LogP contribution in [-0.2, 0) is 10.2 Å². The van der Waals surface area contributed by atoms with E-state index in [4.69, 9.17) is 9.47 Å². The lowest BCUT2D eigenvalue weighted by molar-refractivity contribution is -0.140. The minimum absolute atomic E-state index is 0.393. The van der Waals surface area contributed by atoms with Gasteiger partial charge in [-0.1, -0.05) is 0 Å². The van der Waals surface area contributed by atoms with Crippen LogP contribution in [-0.4, -0.2) is 24.3 Å². The van der Waals surface area contributed by atoms with Crippen molar-refractivity contribution in [2.75, 3.05) is 13.2 Å². The monoisotopic (exact) mass is 266 g/mol. The summed E-state index contributed by atoms with van der Waals surface area (Å²) in [5.41, 5.74) is -0.0192. The third-order valence-corrected chi connectivity index (χ3v) is 3.82. The SMILES string of the molecule is CC(F)c1cc2c(cc1C1(C(=O)O)CC1)OCCO2. The van der Waals surface area contributed by atoms with Crippen molar-refractivity contribution in [2.45, 2.75) is 31.4 Å². The predicted octanol–water partition coefficient (Wildman–Crippen LogP) is 2.60. The van der Waals surface area contributed by atoms with Crippen molar-refractivity contribution in [1.82, 2.24) is 0 Å². The van der Waals surface area contributed by atoms with Crippen LogP contribution >= 0.6 is 0 Å². The summed E-state index contributed by atoms with van der Waals surface area (Å²) < 4.78 is 24.7. The third kappa shape index (κ3) is 1.84. The lowest BCUT2D eigenvalue weighted by atomic mass is 9.89. The van der Waals surface area contributed by atoms with Crippen LogP contribution in [0, 0.1) is 0 Å². The van der Waals surface area contributed by atoms with E-state index in [9.17, 15) is 14.3 Å². The van der Waals surface area contributed by atoms with E-state index in [0.717, 1.165) is 0 Å². The Kier molecular flexibility index (Phi) is 2.66. The lowest BCUT2D eigenvalue weighted by Crippen LogP contribution is -2.23. The molecule has 4 nitrogen and oxygen atoms in total. The summed E-state index contributed by atoms with van der Waals surface area (Å²) in [5.74, 6) is 0.111. The molecule has 1 atom stereocenters. The van der Waals surface area contributed by atoms with E-state index < -0.39 is 17.6 Å². The second-order valence-electron chi connectivity index (χ2n) is 5.09. The van der Waals surface area contributed by atoms with E-state index in [1.165, 1.54) is 6.92 Å². The fourth-order valence-corrected chi connectivity index (χ4v) is 2.57. The van der Waals surface area contributed by atoms with Gasteiger partial charge in [0.15, 0.2) is 11.5 Å². The maximum absolute atomic E-state index is 13.8. The van der Waals surface area contributed by atoms with Gasteiger partial charge in [-0.05, 0) is 43.0 Å². The molecule has 102 valence electrons. The van der Waals surface area contributed by atoms with Crippen LogP contribution in [0.25, 0.3) is 0 Å². The Morgan fingerprint density at radius 2 is 1.89 bits per heavy atom. The molecular weight excluding hydrogens is 251 g/mol. The summed E-state index contributed by atoms with van der Waals surface area (Å²) in [7, 11) is 0. The fourth-order valence-electron chi connectivity index (χ4n) is 2.57. The molecule has 0 radical (unpaired) electrons. The molecule has 3 rings (SSSR count). The van der Waals surface area contributed by atoms with Gasteiger partial charge in [-0.15, -0.1) is 0 Å². The fraction of sp³-hybridized carbons (Fsp3) is 0.500. The molecule has 1 fully saturated rings. The maximum atomic E-state index is 13.8. The molecule has 1 N–H and O–H groups in total. The standard InChI is InChI=1S/C14H15FO4/c1-8(15)9-6-11-12(19-5-4-18-11)7-10(9)14(2-3-14)13(16)17/h6-8H,2-5H2,1H3,(H,16,17). The Labute approximate surface area is 110 Å². The van der Waals surface area contributed by atoms with Gasteiger partial charge in [0.05, 0.1) is 5.41 Å². The molecular formula is C14H15FO4. The largest absolute Gasteiger partial charge is 0.486 e. The number of alkyl halides is 1. The van der Waals surface area contributed by atoms with Crippen molar-refractivity contribution in [2.24, 2.45) is 0 Å². The number of fused-ring (bicyclic) bond motifs is 1. The number of hydrogen-bond acceptors (Lipinski definition) is 3. The molecule has 0 amide bonds. The second kappa shape index (κ2) is 4.11. The van der Waals surface area contributed by atoms with Crippen LogP contribution < -0.4 is 9.47 Å². The maximum Gasteiger partial charge on any atom is 0.314 e. The Morgan fingerprint density at radius 3 is 2.37 bits per heavy atom. The number of ether oxygens (including phenoxy) is 2. The van der Waals surface area contributed by atoms with Crippen molar-refractivity contribution in [1.29, 1.82) is 0 Å². The van der Waals surface area contributed by atoms with Gasteiger partial charge in [-0.3, -0.25) is 4.79 Å². The Morgan fingerprint density at radius 1 is 1.32 bits per heavy atom. The van der Waals surface area contributed by atoms with Gasteiger partial charge in [0.1, 0.15) is 19.4 Å². The molecule has 0 spiro atoms. The highest BCUT2D eigenvalue weighted by Gasteiger charge is 2.53. The van der Waals surface area contributed by atoms with Gasteiger partial charge >= 0.3 is 5.97 Å². The molecule has 0 aromatic heterocycles. The van der Waals surface area contributed by atoms with E-state index in [0.29, 0.717) is 48.7 Å². The number of rotatable bonds is 3. The first-order chi connectivity index (χ1) is 9.04. The minimum atomic E-state index is -1.23. The van der Waals surface area contributed by atoms with E-state index >= 15 is 0 Å². The van der Waals surface area contributed by atoms with Crippen molar-refractivity contribution in [3.63, 3.8) is 0 Å². The van der Waals surface area contributed by atoms with E-state index in [1.54, 1.807) is 12.1 Å². The molecule has 1 aromatic rings. The molecule has 2 aliphatic rings. The number of aliphatic carboxylic acids is 1. The first-order valence-electron chi connectivity index (χ1n) is 6.36. The van der Waals surface area contributed by atoms with E-state index in [2.05, 4.69) is 0 Å². The minimum Gasteiger partial charge on any atom is -0.486 e. The molecule has 1 heterocycles. The van der Waals surface area contributed by atoms with Crippen molar-refractivity contribution < 1.29 is 23.8 Å². The first-order valence-corrected chi connectivity index (χ1v) is 6.36. The smallest absolute Gasteiger partial charge is 0.314 e. The summed E-state index contributed by atoms with van der Waals surface area (Å²) in [6.07, 6.45) is -0.147. The van der Waals surface area contributed by atoms with Crippen LogP contribution in [0.2, 0.25) is 0 Å². The average Bonchev–Trinajstić information content (AvgIpc) is 3.18. The van der Waals surface area contributed by atoms with Crippen molar-refractivity contribution >= 4 is 5.97 Å². The number of carbonyl (C=O) groups is 1. The Bertz CT molecular complexity index is 534. The summed E-state index contributed by atoms with van der Waals surface area (Å²) in [5, 5.41) is 9.37. The summed E-state index contributed by atoms with van der Waals surface area (Å²) in [6, 6.07) is 3.22. The number of halogens is 1.